The second-order valence-electron chi connectivity index (χ2n) is 13.2. The maximum absolute atomic E-state index is 13.2. The van der Waals surface area contributed by atoms with E-state index in [4.69, 9.17) is 21.7 Å². The molecule has 1 heterocycles. The first-order chi connectivity index (χ1) is 22.7. The molecule has 47 heavy (non-hydrogen) atoms. The van der Waals surface area contributed by atoms with Crippen molar-refractivity contribution in [1.29, 1.82) is 0 Å². The number of carbonyl (C=O) groups excluding carboxylic acids is 1. The quantitative estimate of drug-likeness (QED) is 0.172. The number of thiocarbonyl (C=S) groups is 1. The van der Waals surface area contributed by atoms with Crippen LogP contribution in [0, 0.1) is 0 Å². The lowest BCUT2D eigenvalue weighted by Crippen LogP contribution is -2.43. The van der Waals surface area contributed by atoms with Gasteiger partial charge >= 0.3 is 6.09 Å². The highest BCUT2D eigenvalue weighted by Crippen LogP contribution is 2.27. The molecule has 1 aliphatic rings. The average Bonchev–Trinajstić information content (AvgIpc) is 3.08. The van der Waals surface area contributed by atoms with E-state index < -0.39 is 5.60 Å². The van der Waals surface area contributed by atoms with E-state index in [0.717, 1.165) is 64.9 Å². The summed E-state index contributed by atoms with van der Waals surface area (Å²) in [6, 6.07) is 29.1. The molecule has 0 atom stereocenters. The molecule has 4 aromatic rings. The summed E-state index contributed by atoms with van der Waals surface area (Å²) >= 11 is 5.88. The Balaban J connectivity index is 1.26. The lowest BCUT2D eigenvalue weighted by molar-refractivity contribution is 0.00988. The number of carbonyl (C=O) groups is 1. The van der Waals surface area contributed by atoms with Gasteiger partial charge in [-0.2, -0.15) is 0 Å². The number of rotatable bonds is 10. The van der Waals surface area contributed by atoms with Gasteiger partial charge in [0.15, 0.2) is 5.11 Å². The zero-order valence-corrected chi connectivity index (χ0v) is 28.8. The fourth-order valence-electron chi connectivity index (χ4n) is 5.87. The lowest BCUT2D eigenvalue weighted by atomic mass is 9.94. The first-order valence-electron chi connectivity index (χ1n) is 16.4. The molecule has 246 valence electrons. The molecule has 3 aromatic carbocycles. The number of benzene rings is 3. The Bertz CT molecular complexity index is 1580. The minimum absolute atomic E-state index is 0.222. The number of methoxy groups -OCH3 is 1. The van der Waals surface area contributed by atoms with E-state index in [1.54, 1.807) is 13.3 Å². The van der Waals surface area contributed by atoms with Crippen LogP contribution in [0.2, 0.25) is 0 Å². The fourth-order valence-corrected chi connectivity index (χ4v) is 6.11. The van der Waals surface area contributed by atoms with Crippen LogP contribution in [0.15, 0.2) is 97.3 Å². The zero-order valence-electron chi connectivity index (χ0n) is 27.9. The van der Waals surface area contributed by atoms with Crippen LogP contribution in [0.1, 0.15) is 69.6 Å². The minimum Gasteiger partial charge on any atom is -0.497 e. The molecular weight excluding hydrogens is 605 g/mol. The van der Waals surface area contributed by atoms with E-state index in [9.17, 15) is 4.79 Å². The maximum atomic E-state index is 13.2. The lowest BCUT2D eigenvalue weighted by Gasteiger charge is -2.35. The Morgan fingerprint density at radius 2 is 1.43 bits per heavy atom. The number of nitrogens with one attached hydrogen (secondary N) is 1. The highest BCUT2D eigenvalue weighted by molar-refractivity contribution is 7.80. The summed E-state index contributed by atoms with van der Waals surface area (Å²) in [4.78, 5) is 21.6. The van der Waals surface area contributed by atoms with Crippen LogP contribution in [0.5, 0.6) is 5.75 Å². The van der Waals surface area contributed by atoms with Gasteiger partial charge < -0.3 is 24.6 Å². The van der Waals surface area contributed by atoms with Gasteiger partial charge in [0.1, 0.15) is 11.4 Å². The van der Waals surface area contributed by atoms with Crippen molar-refractivity contribution >= 4 is 29.1 Å². The van der Waals surface area contributed by atoms with Crippen molar-refractivity contribution in [2.24, 2.45) is 0 Å². The van der Waals surface area contributed by atoms with E-state index in [0.29, 0.717) is 24.7 Å². The molecule has 1 fully saturated rings. The molecule has 0 bridgehead atoms. The number of nitrogens with zero attached hydrogens (tertiary/aromatic N) is 3. The number of aromatic nitrogens is 1. The fraction of sp³-hybridized carbons (Fsp3) is 0.359. The van der Waals surface area contributed by atoms with Crippen LogP contribution in [-0.4, -0.2) is 44.7 Å². The average molecular weight is 651 g/mol. The van der Waals surface area contributed by atoms with Crippen molar-refractivity contribution in [2.45, 2.75) is 84.2 Å². The Hall–Kier alpha value is -4.43. The zero-order chi connectivity index (χ0) is 33.2. The molecule has 1 N–H and O–H groups in total. The van der Waals surface area contributed by atoms with Crippen molar-refractivity contribution in [1.82, 2.24) is 14.8 Å². The van der Waals surface area contributed by atoms with Crippen LogP contribution in [-0.2, 0) is 24.4 Å². The van der Waals surface area contributed by atoms with Crippen molar-refractivity contribution in [2.75, 3.05) is 12.4 Å². The summed E-state index contributed by atoms with van der Waals surface area (Å²) in [5.74, 6) is 0.797. The summed E-state index contributed by atoms with van der Waals surface area (Å²) in [6.45, 7) is 7.59. The SMILES string of the molecule is COc1ccc(NC(=S)N(Cc2ccc(-c3ccc(CN(C(=O)OC(C)(C)C)C4CCCCC4)cc3)cc2)Cc2cccnc2)cc1. The molecule has 5 rings (SSSR count). The first kappa shape index (κ1) is 33.9. The van der Waals surface area contributed by atoms with E-state index in [-0.39, 0.29) is 12.1 Å². The summed E-state index contributed by atoms with van der Waals surface area (Å²) in [5.41, 5.74) is 5.98. The van der Waals surface area contributed by atoms with Gasteiger partial charge in [-0.15, -0.1) is 0 Å². The largest absolute Gasteiger partial charge is 0.497 e. The molecule has 8 heteroatoms. The van der Waals surface area contributed by atoms with Gasteiger partial charge in [0.25, 0.3) is 0 Å². The first-order valence-corrected chi connectivity index (χ1v) is 16.8. The molecule has 1 saturated carbocycles. The van der Waals surface area contributed by atoms with Crippen LogP contribution >= 0.6 is 12.2 Å². The molecule has 7 nitrogen and oxygen atoms in total. The second kappa shape index (κ2) is 15.9. The van der Waals surface area contributed by atoms with Crippen LogP contribution in [0.3, 0.4) is 0 Å². The van der Waals surface area contributed by atoms with Gasteiger partial charge in [0.2, 0.25) is 0 Å². The molecule has 1 amide bonds. The topological polar surface area (TPSA) is 66.9 Å². The molecule has 1 aliphatic carbocycles. The van der Waals surface area contributed by atoms with Gasteiger partial charge in [-0.3, -0.25) is 4.98 Å². The van der Waals surface area contributed by atoms with Gasteiger partial charge in [0, 0.05) is 43.8 Å². The third-order valence-corrected chi connectivity index (χ3v) is 8.70. The summed E-state index contributed by atoms with van der Waals surface area (Å²) in [7, 11) is 1.66. The number of hydrogen-bond acceptors (Lipinski definition) is 5. The Morgan fingerprint density at radius 1 is 0.830 bits per heavy atom. The van der Waals surface area contributed by atoms with Crippen molar-refractivity contribution in [3.8, 4) is 16.9 Å². The van der Waals surface area contributed by atoms with Crippen molar-refractivity contribution in [3.05, 3.63) is 114 Å². The van der Waals surface area contributed by atoms with Crippen LogP contribution in [0.4, 0.5) is 10.5 Å². The Morgan fingerprint density at radius 3 is 1.98 bits per heavy atom. The monoisotopic (exact) mass is 650 g/mol. The molecule has 0 radical (unpaired) electrons. The smallest absolute Gasteiger partial charge is 0.410 e. The van der Waals surface area contributed by atoms with Gasteiger partial charge in [0.05, 0.1) is 7.11 Å². The standard InChI is InChI=1S/C39H46N4O3S/c1-39(2,3)46-38(44)43(35-10-6-5-7-11-35)28-30-14-18-33(19-15-30)32-16-12-29(13-17-32)26-42(27-31-9-8-24-40-25-31)37(47)41-34-20-22-36(45-4)23-21-34/h8-9,12-25,35H,5-7,10-11,26-28H2,1-4H3,(H,41,47). The third-order valence-electron chi connectivity index (χ3n) is 8.34. The molecule has 0 spiro atoms. The highest BCUT2D eigenvalue weighted by Gasteiger charge is 2.29. The highest BCUT2D eigenvalue weighted by atomic mass is 32.1. The van der Waals surface area contributed by atoms with E-state index >= 15 is 0 Å². The van der Waals surface area contributed by atoms with E-state index in [1.807, 2.05) is 62.2 Å². The Labute approximate surface area is 284 Å². The molecule has 0 unspecified atom stereocenters. The number of hydrogen-bond donors (Lipinski definition) is 1. The third kappa shape index (κ3) is 10.0. The molecule has 0 saturated heterocycles. The minimum atomic E-state index is -0.520. The summed E-state index contributed by atoms with van der Waals surface area (Å²) in [5, 5.41) is 4.01. The predicted octanol–water partition coefficient (Wildman–Crippen LogP) is 9.23. The normalized spacial score (nSPS) is 13.4. The molecule has 1 aromatic heterocycles. The number of ether oxygens (including phenoxy) is 2. The number of amides is 1. The van der Waals surface area contributed by atoms with Gasteiger partial charge in [-0.25, -0.2) is 4.79 Å². The van der Waals surface area contributed by atoms with E-state index in [2.05, 4.69) is 69.8 Å². The Kier molecular flexibility index (Phi) is 11.5. The van der Waals surface area contributed by atoms with Gasteiger partial charge in [-0.05, 0) is 104 Å². The number of anilines is 1. The number of pyridine rings is 1. The van der Waals surface area contributed by atoms with Crippen molar-refractivity contribution in [3.63, 3.8) is 0 Å². The molecular formula is C39H46N4O3S. The predicted molar refractivity (Wildman–Crippen MR) is 193 cm³/mol. The van der Waals surface area contributed by atoms with E-state index in [1.165, 1.54) is 6.42 Å². The molecule has 0 aliphatic heterocycles. The van der Waals surface area contributed by atoms with Crippen molar-refractivity contribution < 1.29 is 14.3 Å². The summed E-state index contributed by atoms with van der Waals surface area (Å²) < 4.78 is 11.1. The maximum Gasteiger partial charge on any atom is 0.410 e. The second-order valence-corrected chi connectivity index (χ2v) is 13.6. The van der Waals surface area contributed by atoms with Crippen LogP contribution < -0.4 is 10.1 Å². The summed E-state index contributed by atoms with van der Waals surface area (Å²) in [6.07, 6.45) is 9.05. The van der Waals surface area contributed by atoms with Crippen LogP contribution in [0.25, 0.3) is 11.1 Å². The van der Waals surface area contributed by atoms with Gasteiger partial charge in [-0.1, -0.05) is 73.9 Å².